The summed E-state index contributed by atoms with van der Waals surface area (Å²) in [6.07, 6.45) is 1.57. The molecular weight excluding hydrogens is 376 g/mol. The highest BCUT2D eigenvalue weighted by atomic mass is 16.6. The van der Waals surface area contributed by atoms with Crippen LogP contribution in [0.2, 0.25) is 0 Å². The van der Waals surface area contributed by atoms with Crippen LogP contribution in [0.15, 0.2) is 65.8 Å². The quantitative estimate of drug-likeness (QED) is 0.313. The molecule has 0 fully saturated rings. The van der Waals surface area contributed by atoms with Gasteiger partial charge in [0.1, 0.15) is 18.1 Å². The minimum Gasteiger partial charge on any atom is -0.496 e. The Kier molecular flexibility index (Phi) is 7.27. The maximum atomic E-state index is 7.68. The Hall–Kier alpha value is -3.54. The Morgan fingerprint density at radius 1 is 0.933 bits per heavy atom. The van der Waals surface area contributed by atoms with Crippen molar-refractivity contribution in [2.24, 2.45) is 5.16 Å². The van der Waals surface area contributed by atoms with Crippen molar-refractivity contribution in [1.82, 2.24) is 9.97 Å². The van der Waals surface area contributed by atoms with Crippen LogP contribution in [0.3, 0.4) is 0 Å². The molecule has 0 aliphatic carbocycles. The van der Waals surface area contributed by atoms with Crippen molar-refractivity contribution in [3.05, 3.63) is 77.7 Å². The van der Waals surface area contributed by atoms with Gasteiger partial charge >= 0.3 is 0 Å². The number of ether oxygens (including phenoxy) is 1. The number of para-hydroxylation sites is 1. The highest BCUT2D eigenvalue weighted by Crippen LogP contribution is 2.28. The van der Waals surface area contributed by atoms with Gasteiger partial charge in [-0.1, -0.05) is 29.4 Å². The van der Waals surface area contributed by atoms with Crippen molar-refractivity contribution >= 4 is 11.4 Å². The lowest BCUT2D eigenvalue weighted by atomic mass is 10.1. The maximum absolute atomic E-state index is 7.68. The molecular formula is C24H26N4O2. The maximum Gasteiger partial charge on any atom is 0.128 e. The number of nitrogens with zero attached hydrogens (tertiary/aromatic N) is 3. The van der Waals surface area contributed by atoms with Gasteiger partial charge in [0.05, 0.1) is 29.9 Å². The van der Waals surface area contributed by atoms with E-state index in [1.165, 1.54) is 0 Å². The Morgan fingerprint density at radius 3 is 2.50 bits per heavy atom. The first-order valence-electron chi connectivity index (χ1n) is 9.87. The summed E-state index contributed by atoms with van der Waals surface area (Å²) in [5, 5.41) is 11.9. The molecule has 1 aromatic carbocycles. The fraction of sp³-hybridized carbons (Fsp3) is 0.250. The zero-order valence-electron chi connectivity index (χ0n) is 17.6. The third kappa shape index (κ3) is 5.50. The number of rotatable bonds is 9. The number of methoxy groups -OCH3 is 1. The first kappa shape index (κ1) is 21.2. The van der Waals surface area contributed by atoms with Gasteiger partial charge in [-0.2, -0.15) is 0 Å². The van der Waals surface area contributed by atoms with E-state index in [4.69, 9.17) is 20.0 Å². The molecule has 0 radical (unpaired) electrons. The van der Waals surface area contributed by atoms with Crippen LogP contribution in [0.4, 0.5) is 0 Å². The highest BCUT2D eigenvalue weighted by molar-refractivity contribution is 5.97. The van der Waals surface area contributed by atoms with Crippen LogP contribution in [0.1, 0.15) is 37.4 Å². The van der Waals surface area contributed by atoms with Crippen molar-refractivity contribution in [3.63, 3.8) is 0 Å². The van der Waals surface area contributed by atoms with Gasteiger partial charge in [-0.15, -0.1) is 0 Å². The second kappa shape index (κ2) is 10.3. The lowest BCUT2D eigenvalue weighted by Gasteiger charge is -2.09. The van der Waals surface area contributed by atoms with E-state index in [1.807, 2.05) is 67.6 Å². The van der Waals surface area contributed by atoms with E-state index in [0.29, 0.717) is 23.7 Å². The first-order valence-corrected chi connectivity index (χ1v) is 9.87. The molecule has 0 unspecified atom stereocenters. The minimum atomic E-state index is 0.469. The van der Waals surface area contributed by atoms with Crippen LogP contribution < -0.4 is 4.74 Å². The molecule has 6 heteroatoms. The van der Waals surface area contributed by atoms with E-state index < -0.39 is 0 Å². The summed E-state index contributed by atoms with van der Waals surface area (Å²) in [4.78, 5) is 14.7. The van der Waals surface area contributed by atoms with Crippen molar-refractivity contribution in [3.8, 4) is 17.0 Å². The van der Waals surface area contributed by atoms with Crippen LogP contribution in [0.5, 0.6) is 5.75 Å². The molecule has 6 nitrogen and oxygen atoms in total. The number of hydrogen-bond acceptors (Lipinski definition) is 6. The Morgan fingerprint density at radius 2 is 1.70 bits per heavy atom. The Balaban J connectivity index is 1.58. The summed E-state index contributed by atoms with van der Waals surface area (Å²) in [6, 6.07) is 19.4. The van der Waals surface area contributed by atoms with Gasteiger partial charge in [0.25, 0.3) is 0 Å². The van der Waals surface area contributed by atoms with Gasteiger partial charge in [-0.25, -0.2) is 4.98 Å². The molecule has 0 bridgehead atoms. The predicted octanol–water partition coefficient (Wildman–Crippen LogP) is 4.91. The van der Waals surface area contributed by atoms with Gasteiger partial charge in [-0.3, -0.25) is 4.98 Å². The molecule has 1 N–H and O–H groups in total. The molecule has 3 aromatic rings. The average molecular weight is 402 g/mol. The Bertz CT molecular complexity index is 1050. The van der Waals surface area contributed by atoms with Gasteiger partial charge in [0.15, 0.2) is 0 Å². The lowest BCUT2D eigenvalue weighted by molar-refractivity contribution is 0.141. The second-order valence-corrected chi connectivity index (χ2v) is 6.86. The minimum absolute atomic E-state index is 0.469. The van der Waals surface area contributed by atoms with E-state index in [0.717, 1.165) is 41.2 Å². The third-order valence-electron chi connectivity index (χ3n) is 4.56. The zero-order chi connectivity index (χ0) is 21.3. The monoisotopic (exact) mass is 402 g/mol. The number of pyridine rings is 2. The van der Waals surface area contributed by atoms with E-state index >= 15 is 0 Å². The number of aromatic nitrogens is 2. The average Bonchev–Trinajstić information content (AvgIpc) is 2.79. The van der Waals surface area contributed by atoms with Crippen molar-refractivity contribution in [2.75, 3.05) is 13.7 Å². The van der Waals surface area contributed by atoms with E-state index in [-0.39, 0.29) is 0 Å². The predicted molar refractivity (Wildman–Crippen MR) is 119 cm³/mol. The molecule has 30 heavy (non-hydrogen) atoms. The van der Waals surface area contributed by atoms with E-state index in [9.17, 15) is 0 Å². The highest BCUT2D eigenvalue weighted by Gasteiger charge is 2.08. The van der Waals surface area contributed by atoms with Gasteiger partial charge in [-0.05, 0) is 63.1 Å². The first-order chi connectivity index (χ1) is 14.6. The SMILES string of the molecule is COc1ccccc1-c1cccc(/C(C)=N/OCCCc2cccc(C(C)=N)n2)n1. The molecule has 2 aromatic heterocycles. The van der Waals surface area contributed by atoms with Crippen molar-refractivity contribution in [2.45, 2.75) is 26.7 Å². The van der Waals surface area contributed by atoms with Crippen LogP contribution in [-0.2, 0) is 11.3 Å². The van der Waals surface area contributed by atoms with Crippen LogP contribution in [-0.4, -0.2) is 35.1 Å². The summed E-state index contributed by atoms with van der Waals surface area (Å²) < 4.78 is 5.44. The van der Waals surface area contributed by atoms with Crippen LogP contribution in [0.25, 0.3) is 11.3 Å². The van der Waals surface area contributed by atoms with E-state index in [2.05, 4.69) is 10.1 Å². The molecule has 0 aliphatic heterocycles. The fourth-order valence-electron chi connectivity index (χ4n) is 2.98. The summed E-state index contributed by atoms with van der Waals surface area (Å²) in [5.74, 6) is 0.781. The fourth-order valence-corrected chi connectivity index (χ4v) is 2.98. The van der Waals surface area contributed by atoms with Crippen molar-refractivity contribution in [1.29, 1.82) is 5.41 Å². The topological polar surface area (TPSA) is 80.5 Å². The molecule has 2 heterocycles. The number of nitrogens with one attached hydrogen (secondary N) is 1. The van der Waals surface area contributed by atoms with E-state index in [1.54, 1.807) is 14.0 Å². The molecule has 0 spiro atoms. The summed E-state index contributed by atoms with van der Waals surface area (Å²) >= 11 is 0. The van der Waals surface area contributed by atoms with Gasteiger partial charge < -0.3 is 15.0 Å². The lowest BCUT2D eigenvalue weighted by Crippen LogP contribution is -2.03. The largest absolute Gasteiger partial charge is 0.496 e. The second-order valence-electron chi connectivity index (χ2n) is 6.86. The van der Waals surface area contributed by atoms with Crippen molar-refractivity contribution < 1.29 is 9.57 Å². The molecule has 0 saturated heterocycles. The smallest absolute Gasteiger partial charge is 0.128 e. The zero-order valence-corrected chi connectivity index (χ0v) is 17.6. The molecule has 154 valence electrons. The number of oxime groups is 1. The number of benzene rings is 1. The standard InChI is InChI=1S/C24H26N4O2/c1-17(25)21-12-6-9-19(26-21)10-8-16-30-28-18(2)22-13-7-14-23(27-22)20-11-4-5-15-24(20)29-3/h4-7,9,11-15,25H,8,10,16H2,1-3H3/b25-17?,28-18+. The third-order valence-corrected chi connectivity index (χ3v) is 4.56. The molecule has 0 saturated carbocycles. The van der Waals surface area contributed by atoms with Crippen LogP contribution >= 0.6 is 0 Å². The molecule has 0 amide bonds. The molecule has 0 aliphatic rings. The van der Waals surface area contributed by atoms with Gasteiger partial charge in [0.2, 0.25) is 0 Å². The summed E-state index contributed by atoms with van der Waals surface area (Å²) in [7, 11) is 1.65. The number of hydrogen-bond donors (Lipinski definition) is 1. The molecule has 0 atom stereocenters. The van der Waals surface area contributed by atoms with Crippen LogP contribution in [0, 0.1) is 5.41 Å². The summed E-state index contributed by atoms with van der Waals surface area (Å²) in [6.45, 7) is 4.11. The van der Waals surface area contributed by atoms with Gasteiger partial charge in [0, 0.05) is 11.3 Å². The number of aryl methyl sites for hydroxylation is 1. The Labute approximate surface area is 177 Å². The molecule has 3 rings (SSSR count). The summed E-state index contributed by atoms with van der Waals surface area (Å²) in [5.41, 5.74) is 5.37. The normalized spacial score (nSPS) is 11.2.